The number of amides is 1. The summed E-state index contributed by atoms with van der Waals surface area (Å²) in [6.07, 6.45) is 1.08. The zero-order valence-corrected chi connectivity index (χ0v) is 18.6. The van der Waals surface area contributed by atoms with Crippen LogP contribution >= 0.6 is 0 Å². The second-order valence-electron chi connectivity index (χ2n) is 8.37. The molecule has 0 atom stereocenters. The van der Waals surface area contributed by atoms with Crippen molar-refractivity contribution in [2.75, 3.05) is 39.8 Å². The maximum atomic E-state index is 12.9. The quantitative estimate of drug-likeness (QED) is 0.675. The van der Waals surface area contributed by atoms with E-state index in [1.54, 1.807) is 7.05 Å². The van der Waals surface area contributed by atoms with Gasteiger partial charge in [0.25, 0.3) is 5.91 Å². The maximum Gasteiger partial charge on any atom is 0.401 e. The van der Waals surface area contributed by atoms with Crippen LogP contribution in [0, 0.1) is 0 Å². The largest absolute Gasteiger partial charge is 0.401 e. The molecule has 3 rings (SSSR count). The third-order valence-corrected chi connectivity index (χ3v) is 8.07. The molecule has 0 aromatic heterocycles. The van der Waals surface area contributed by atoms with Crippen molar-refractivity contribution in [2.45, 2.75) is 55.6 Å². The zero-order chi connectivity index (χ0) is 22.6. The molecule has 1 saturated carbocycles. The third kappa shape index (κ3) is 6.20. The summed E-state index contributed by atoms with van der Waals surface area (Å²) in [5.74, 6) is -0.293. The Bertz CT molecular complexity index is 853. The lowest BCUT2D eigenvalue weighted by Crippen LogP contribution is -2.38. The van der Waals surface area contributed by atoms with Gasteiger partial charge in [-0.05, 0) is 43.5 Å². The van der Waals surface area contributed by atoms with Gasteiger partial charge in [-0.25, -0.2) is 8.42 Å². The van der Waals surface area contributed by atoms with Gasteiger partial charge in [0.05, 0.1) is 11.4 Å². The maximum absolute atomic E-state index is 12.9. The highest BCUT2D eigenvalue weighted by Crippen LogP contribution is 2.27. The first-order chi connectivity index (χ1) is 14.6. The van der Waals surface area contributed by atoms with E-state index in [0.717, 1.165) is 32.1 Å². The van der Waals surface area contributed by atoms with Crippen LogP contribution in [0.5, 0.6) is 0 Å². The summed E-state index contributed by atoms with van der Waals surface area (Å²) in [4.78, 5) is 15.8. The molecule has 31 heavy (non-hydrogen) atoms. The molecule has 6 nitrogen and oxygen atoms in total. The smallest absolute Gasteiger partial charge is 0.337 e. The first-order valence-electron chi connectivity index (χ1n) is 10.7. The molecular formula is C21H30F3N3O3S. The number of hydrogen-bond acceptors (Lipinski definition) is 4. The van der Waals surface area contributed by atoms with Gasteiger partial charge in [-0.3, -0.25) is 9.69 Å². The highest BCUT2D eigenvalue weighted by Gasteiger charge is 2.32. The minimum absolute atomic E-state index is 0.00296. The predicted octanol–water partition coefficient (Wildman–Crippen LogP) is 3.35. The molecule has 1 aliphatic carbocycles. The number of halogens is 3. The van der Waals surface area contributed by atoms with Crippen LogP contribution < -0.4 is 0 Å². The van der Waals surface area contributed by atoms with Gasteiger partial charge < -0.3 is 4.90 Å². The van der Waals surface area contributed by atoms with Gasteiger partial charge in [0.1, 0.15) is 0 Å². The molecule has 1 heterocycles. The lowest BCUT2D eigenvalue weighted by molar-refractivity contribution is -0.145. The first kappa shape index (κ1) is 24.0. The Hall–Kier alpha value is -1.65. The fraction of sp³-hybridized carbons (Fsp3) is 0.667. The van der Waals surface area contributed by atoms with E-state index in [1.807, 2.05) is 0 Å². The second kappa shape index (κ2) is 9.87. The molecule has 0 radical (unpaired) electrons. The fourth-order valence-corrected chi connectivity index (χ4v) is 5.76. The number of sulfonamides is 1. The Morgan fingerprint density at radius 3 is 2.26 bits per heavy atom. The topological polar surface area (TPSA) is 60.9 Å². The molecule has 2 aliphatic rings. The molecule has 1 saturated heterocycles. The van der Waals surface area contributed by atoms with E-state index in [9.17, 15) is 26.4 Å². The number of alkyl halides is 3. The second-order valence-corrected chi connectivity index (χ2v) is 10.4. The Labute approximate surface area is 182 Å². The van der Waals surface area contributed by atoms with Crippen molar-refractivity contribution in [1.29, 1.82) is 0 Å². The van der Waals surface area contributed by atoms with Crippen molar-refractivity contribution in [3.05, 3.63) is 29.8 Å². The SMILES string of the molecule is CN(C1CCCCC1)S(=O)(=O)c1ccc(C(=O)N2CCCN(CC(F)(F)F)CC2)cc1. The number of nitrogens with zero attached hydrogens (tertiary/aromatic N) is 3. The van der Waals surface area contributed by atoms with Gasteiger partial charge in [0.2, 0.25) is 10.0 Å². The van der Waals surface area contributed by atoms with E-state index in [1.165, 1.54) is 38.4 Å². The highest BCUT2D eigenvalue weighted by molar-refractivity contribution is 7.89. The summed E-state index contributed by atoms with van der Waals surface area (Å²) in [5, 5.41) is 0. The Morgan fingerprint density at radius 2 is 1.65 bits per heavy atom. The third-order valence-electron chi connectivity index (χ3n) is 6.15. The first-order valence-corrected chi connectivity index (χ1v) is 12.2. The lowest BCUT2D eigenvalue weighted by Gasteiger charge is -2.30. The van der Waals surface area contributed by atoms with Gasteiger partial charge in [0, 0.05) is 44.8 Å². The summed E-state index contributed by atoms with van der Waals surface area (Å²) < 4.78 is 65.2. The van der Waals surface area contributed by atoms with Gasteiger partial charge in [-0.2, -0.15) is 17.5 Å². The van der Waals surface area contributed by atoms with Crippen molar-refractivity contribution in [3.63, 3.8) is 0 Å². The van der Waals surface area contributed by atoms with E-state index in [0.29, 0.717) is 18.5 Å². The van der Waals surface area contributed by atoms with Crippen molar-refractivity contribution in [2.24, 2.45) is 0 Å². The van der Waals surface area contributed by atoms with E-state index < -0.39 is 22.7 Å². The van der Waals surface area contributed by atoms with Crippen LogP contribution in [0.15, 0.2) is 29.2 Å². The minimum atomic E-state index is -4.26. The Morgan fingerprint density at radius 1 is 1.00 bits per heavy atom. The van der Waals surface area contributed by atoms with Gasteiger partial charge in [0.15, 0.2) is 0 Å². The number of carbonyl (C=O) groups excluding carboxylic acids is 1. The minimum Gasteiger partial charge on any atom is -0.337 e. The number of carbonyl (C=O) groups is 1. The van der Waals surface area contributed by atoms with E-state index in [4.69, 9.17) is 0 Å². The number of rotatable bonds is 5. The molecule has 0 bridgehead atoms. The van der Waals surface area contributed by atoms with E-state index in [2.05, 4.69) is 0 Å². The number of hydrogen-bond donors (Lipinski definition) is 0. The summed E-state index contributed by atoms with van der Waals surface area (Å²) in [5.41, 5.74) is 0.337. The van der Waals surface area contributed by atoms with Crippen molar-refractivity contribution < 1.29 is 26.4 Å². The van der Waals surface area contributed by atoms with Crippen molar-refractivity contribution in [3.8, 4) is 0 Å². The molecule has 0 N–H and O–H groups in total. The average Bonchev–Trinajstić information content (AvgIpc) is 2.97. The summed E-state index contributed by atoms with van der Waals surface area (Å²) >= 11 is 0. The lowest BCUT2D eigenvalue weighted by atomic mass is 9.96. The van der Waals surface area contributed by atoms with E-state index >= 15 is 0 Å². The zero-order valence-electron chi connectivity index (χ0n) is 17.8. The molecule has 1 amide bonds. The molecule has 10 heteroatoms. The monoisotopic (exact) mass is 461 g/mol. The molecule has 0 spiro atoms. The fourth-order valence-electron chi connectivity index (χ4n) is 4.34. The van der Waals surface area contributed by atoms with Crippen LogP contribution in [0.4, 0.5) is 13.2 Å². The molecule has 174 valence electrons. The molecule has 0 unspecified atom stereocenters. The van der Waals surface area contributed by atoms with Crippen LogP contribution in [0.25, 0.3) is 0 Å². The molecule has 2 fully saturated rings. The normalized spacial score (nSPS) is 20.1. The average molecular weight is 462 g/mol. The highest BCUT2D eigenvalue weighted by atomic mass is 32.2. The Kier molecular flexibility index (Phi) is 7.64. The van der Waals surface area contributed by atoms with Crippen LogP contribution in [-0.4, -0.2) is 80.4 Å². The van der Waals surface area contributed by atoms with Crippen LogP contribution in [-0.2, 0) is 10.0 Å². The number of benzene rings is 1. The van der Waals surface area contributed by atoms with Crippen LogP contribution in [0.2, 0.25) is 0 Å². The van der Waals surface area contributed by atoms with E-state index in [-0.39, 0.29) is 36.5 Å². The standard InChI is InChI=1S/C21H30F3N3O3S/c1-25(18-6-3-2-4-7-18)31(29,30)19-10-8-17(9-11-19)20(28)27-13-5-12-26(14-15-27)16-21(22,23)24/h8-11,18H,2-7,12-16H2,1H3. The summed E-state index contributed by atoms with van der Waals surface area (Å²) in [6, 6.07) is 5.85. The predicted molar refractivity (Wildman–Crippen MR) is 111 cm³/mol. The molecular weight excluding hydrogens is 431 g/mol. The van der Waals surface area contributed by atoms with Crippen LogP contribution in [0.3, 0.4) is 0 Å². The van der Waals surface area contributed by atoms with Gasteiger partial charge in [-0.1, -0.05) is 19.3 Å². The Balaban J connectivity index is 1.64. The van der Waals surface area contributed by atoms with Crippen molar-refractivity contribution in [1.82, 2.24) is 14.1 Å². The summed E-state index contributed by atoms with van der Waals surface area (Å²) in [7, 11) is -2.04. The van der Waals surface area contributed by atoms with Gasteiger partial charge in [-0.15, -0.1) is 0 Å². The molecule has 1 aromatic rings. The molecule has 1 aliphatic heterocycles. The summed E-state index contributed by atoms with van der Waals surface area (Å²) in [6.45, 7) is 0.0466. The molecule has 1 aromatic carbocycles. The van der Waals surface area contributed by atoms with Crippen molar-refractivity contribution >= 4 is 15.9 Å². The van der Waals surface area contributed by atoms with Crippen LogP contribution in [0.1, 0.15) is 48.9 Å². The van der Waals surface area contributed by atoms with Gasteiger partial charge >= 0.3 is 6.18 Å².